The van der Waals surface area contributed by atoms with Crippen LogP contribution in [0.3, 0.4) is 0 Å². The average Bonchev–Trinajstić information content (AvgIpc) is 2.31. The number of methoxy groups -OCH3 is 1. The number of carbonyl (C=O) groups is 3. The molecule has 0 bridgehead atoms. The Hall–Kier alpha value is -1.59. The van der Waals surface area contributed by atoms with Crippen LogP contribution >= 0.6 is 0 Å². The van der Waals surface area contributed by atoms with Gasteiger partial charge >= 0.3 is 5.97 Å². The van der Waals surface area contributed by atoms with Gasteiger partial charge in [0.05, 0.1) is 13.0 Å². The van der Waals surface area contributed by atoms with Crippen LogP contribution in [0.5, 0.6) is 0 Å². The van der Waals surface area contributed by atoms with Crippen molar-refractivity contribution < 1.29 is 19.1 Å². The van der Waals surface area contributed by atoms with Gasteiger partial charge in [0.2, 0.25) is 11.8 Å². The fraction of sp³-hybridized carbons (Fsp3) is 0.727. The second-order valence-electron chi connectivity index (χ2n) is 4.13. The molecule has 6 heteroatoms. The van der Waals surface area contributed by atoms with E-state index in [-0.39, 0.29) is 30.8 Å². The molecule has 96 valence electrons. The van der Waals surface area contributed by atoms with E-state index in [2.05, 4.69) is 4.74 Å². The predicted molar refractivity (Wildman–Crippen MR) is 59.7 cm³/mol. The molecule has 0 radical (unpaired) electrons. The van der Waals surface area contributed by atoms with Gasteiger partial charge in [0, 0.05) is 13.0 Å². The molecule has 0 aromatic rings. The number of ether oxygens (including phenoxy) is 1. The third-order valence-electron chi connectivity index (χ3n) is 3.07. The Morgan fingerprint density at radius 1 is 1.59 bits per heavy atom. The van der Waals surface area contributed by atoms with Crippen LogP contribution < -0.4 is 5.73 Å². The molecule has 0 aromatic carbocycles. The number of carbonyl (C=O) groups excluding carboxylic acids is 3. The Bertz CT molecular complexity index is 329. The van der Waals surface area contributed by atoms with Crippen molar-refractivity contribution in [3.05, 3.63) is 0 Å². The molecule has 1 aliphatic rings. The number of amides is 2. The average molecular weight is 242 g/mol. The molecule has 0 spiro atoms. The van der Waals surface area contributed by atoms with Gasteiger partial charge in [-0.05, 0) is 12.8 Å². The molecule has 1 aliphatic heterocycles. The number of piperidine rings is 1. The van der Waals surface area contributed by atoms with Crippen molar-refractivity contribution in [1.29, 1.82) is 0 Å². The first-order chi connectivity index (χ1) is 8.01. The molecule has 17 heavy (non-hydrogen) atoms. The second kappa shape index (κ2) is 5.65. The molecular weight excluding hydrogens is 224 g/mol. The lowest BCUT2D eigenvalue weighted by atomic mass is 9.95. The van der Waals surface area contributed by atoms with Crippen molar-refractivity contribution >= 4 is 17.8 Å². The molecule has 2 atom stereocenters. The van der Waals surface area contributed by atoms with Crippen LogP contribution in [0.15, 0.2) is 0 Å². The van der Waals surface area contributed by atoms with Gasteiger partial charge in [-0.2, -0.15) is 0 Å². The fourth-order valence-electron chi connectivity index (χ4n) is 2.11. The summed E-state index contributed by atoms with van der Waals surface area (Å²) in [6.45, 7) is 2.00. The number of nitrogens with zero attached hydrogens (tertiary/aromatic N) is 1. The highest BCUT2D eigenvalue weighted by Gasteiger charge is 2.35. The number of esters is 1. The summed E-state index contributed by atoms with van der Waals surface area (Å²) in [5.41, 5.74) is 5.25. The van der Waals surface area contributed by atoms with Gasteiger partial charge < -0.3 is 15.4 Å². The normalized spacial score (nSPS) is 22.1. The summed E-state index contributed by atoms with van der Waals surface area (Å²) in [5.74, 6) is -1.37. The van der Waals surface area contributed by atoms with Crippen LogP contribution in [0.2, 0.25) is 0 Å². The summed E-state index contributed by atoms with van der Waals surface area (Å²) in [5, 5.41) is 0. The standard InChI is InChI=1S/C11H18N2O4/c1-3-8(10(12)15)13-6-7(11(16)17-2)4-5-9(13)14/h7-8H,3-6H2,1-2H3,(H2,12,15). The summed E-state index contributed by atoms with van der Waals surface area (Å²) >= 11 is 0. The van der Waals surface area contributed by atoms with E-state index in [4.69, 9.17) is 5.73 Å². The van der Waals surface area contributed by atoms with E-state index in [1.165, 1.54) is 12.0 Å². The molecule has 0 aliphatic carbocycles. The van der Waals surface area contributed by atoms with Crippen molar-refractivity contribution in [2.75, 3.05) is 13.7 Å². The van der Waals surface area contributed by atoms with Gasteiger partial charge in [0.1, 0.15) is 6.04 Å². The molecular formula is C11H18N2O4. The lowest BCUT2D eigenvalue weighted by Gasteiger charge is -2.35. The number of primary amides is 1. The van der Waals surface area contributed by atoms with E-state index in [0.29, 0.717) is 12.8 Å². The second-order valence-corrected chi connectivity index (χ2v) is 4.13. The highest BCUT2D eigenvalue weighted by atomic mass is 16.5. The summed E-state index contributed by atoms with van der Waals surface area (Å²) in [6, 6.07) is -0.630. The van der Waals surface area contributed by atoms with Crippen LogP contribution in [0.25, 0.3) is 0 Å². The van der Waals surface area contributed by atoms with Crippen molar-refractivity contribution in [1.82, 2.24) is 4.90 Å². The first-order valence-electron chi connectivity index (χ1n) is 5.67. The van der Waals surface area contributed by atoms with Crippen LogP contribution in [0.1, 0.15) is 26.2 Å². The zero-order valence-corrected chi connectivity index (χ0v) is 10.1. The van der Waals surface area contributed by atoms with E-state index in [0.717, 1.165) is 0 Å². The van der Waals surface area contributed by atoms with Crippen LogP contribution in [0, 0.1) is 5.92 Å². The molecule has 1 fully saturated rings. The largest absolute Gasteiger partial charge is 0.469 e. The predicted octanol–water partition coefficient (Wildman–Crippen LogP) is -0.338. The van der Waals surface area contributed by atoms with Gasteiger partial charge in [-0.15, -0.1) is 0 Å². The molecule has 1 saturated heterocycles. The van der Waals surface area contributed by atoms with Crippen molar-refractivity contribution in [2.45, 2.75) is 32.2 Å². The maximum Gasteiger partial charge on any atom is 0.310 e. The molecule has 2 amide bonds. The minimum Gasteiger partial charge on any atom is -0.469 e. The number of rotatable bonds is 4. The number of likely N-dealkylation sites (tertiary alicyclic amines) is 1. The third-order valence-corrected chi connectivity index (χ3v) is 3.07. The zero-order valence-electron chi connectivity index (χ0n) is 10.1. The Morgan fingerprint density at radius 2 is 2.24 bits per heavy atom. The maximum atomic E-state index is 11.7. The Morgan fingerprint density at radius 3 is 2.71 bits per heavy atom. The number of hydrogen-bond donors (Lipinski definition) is 1. The summed E-state index contributed by atoms with van der Waals surface area (Å²) in [4.78, 5) is 35.8. The van der Waals surface area contributed by atoms with Gasteiger partial charge in [0.15, 0.2) is 0 Å². The quantitative estimate of drug-likeness (QED) is 0.683. The monoisotopic (exact) mass is 242 g/mol. The maximum absolute atomic E-state index is 11.7. The Labute approximate surface area is 100 Å². The lowest BCUT2D eigenvalue weighted by molar-refractivity contribution is -0.153. The first kappa shape index (κ1) is 13.5. The van der Waals surface area contributed by atoms with Crippen LogP contribution in [-0.4, -0.2) is 42.4 Å². The van der Waals surface area contributed by atoms with E-state index in [1.54, 1.807) is 6.92 Å². The van der Waals surface area contributed by atoms with E-state index in [1.807, 2.05) is 0 Å². The number of hydrogen-bond acceptors (Lipinski definition) is 4. The molecule has 0 saturated carbocycles. The number of nitrogens with two attached hydrogens (primary N) is 1. The van der Waals surface area contributed by atoms with Gasteiger partial charge in [-0.1, -0.05) is 6.92 Å². The first-order valence-corrected chi connectivity index (χ1v) is 5.67. The van der Waals surface area contributed by atoms with Crippen molar-refractivity contribution in [3.63, 3.8) is 0 Å². The zero-order chi connectivity index (χ0) is 13.0. The third kappa shape index (κ3) is 2.95. The topological polar surface area (TPSA) is 89.7 Å². The van der Waals surface area contributed by atoms with E-state index >= 15 is 0 Å². The smallest absolute Gasteiger partial charge is 0.310 e. The molecule has 2 N–H and O–H groups in total. The summed E-state index contributed by atoms with van der Waals surface area (Å²) in [7, 11) is 1.31. The summed E-state index contributed by atoms with van der Waals surface area (Å²) in [6.07, 6.45) is 1.18. The molecule has 1 heterocycles. The minimum atomic E-state index is -0.630. The fourth-order valence-corrected chi connectivity index (χ4v) is 2.11. The molecule has 6 nitrogen and oxygen atoms in total. The lowest BCUT2D eigenvalue weighted by Crippen LogP contribution is -2.52. The molecule has 0 aromatic heterocycles. The van der Waals surface area contributed by atoms with Crippen molar-refractivity contribution in [3.8, 4) is 0 Å². The Kier molecular flexibility index (Phi) is 4.48. The summed E-state index contributed by atoms with van der Waals surface area (Å²) < 4.78 is 4.65. The van der Waals surface area contributed by atoms with E-state index < -0.39 is 11.9 Å². The van der Waals surface area contributed by atoms with Crippen molar-refractivity contribution in [2.24, 2.45) is 11.7 Å². The van der Waals surface area contributed by atoms with Crippen LogP contribution in [0.4, 0.5) is 0 Å². The highest BCUT2D eigenvalue weighted by molar-refractivity contribution is 5.88. The van der Waals surface area contributed by atoms with Gasteiger partial charge in [0.25, 0.3) is 0 Å². The Balaban J connectivity index is 2.78. The van der Waals surface area contributed by atoms with Crippen LogP contribution in [-0.2, 0) is 19.1 Å². The highest BCUT2D eigenvalue weighted by Crippen LogP contribution is 2.21. The van der Waals surface area contributed by atoms with Gasteiger partial charge in [-0.25, -0.2) is 0 Å². The molecule has 2 unspecified atom stereocenters. The SMILES string of the molecule is CCC(C(N)=O)N1CC(C(=O)OC)CCC1=O. The minimum absolute atomic E-state index is 0.129. The van der Waals surface area contributed by atoms with Gasteiger partial charge in [-0.3, -0.25) is 14.4 Å². The molecule has 1 rings (SSSR count). The van der Waals surface area contributed by atoms with E-state index in [9.17, 15) is 14.4 Å².